The lowest BCUT2D eigenvalue weighted by Crippen LogP contribution is -2.53. The Morgan fingerprint density at radius 3 is 2.53 bits per heavy atom. The van der Waals surface area contributed by atoms with Crippen molar-refractivity contribution in [2.24, 2.45) is 5.92 Å². The van der Waals surface area contributed by atoms with Crippen LogP contribution in [0.5, 0.6) is 0 Å². The standard InChI is InChI=1S/C24H34N4OS/c1-19-8-10-27(11-9-19)22(23-7-4-16-30-23)18-25-24(29)28-14-12-26(13-15-28)21-6-3-5-20(2)17-21/h3-7,16-17,19,22H,8-15,18H2,1-2H3,(H,25,29)/t22-/m1/s1. The van der Waals surface area contributed by atoms with E-state index in [1.165, 1.54) is 29.0 Å². The summed E-state index contributed by atoms with van der Waals surface area (Å²) in [5.41, 5.74) is 2.53. The van der Waals surface area contributed by atoms with Crippen LogP contribution in [0.25, 0.3) is 0 Å². The first-order valence-electron chi connectivity index (χ1n) is 11.2. The molecule has 0 aliphatic carbocycles. The van der Waals surface area contributed by atoms with E-state index in [0.29, 0.717) is 6.54 Å². The third-order valence-electron chi connectivity index (χ3n) is 6.51. The summed E-state index contributed by atoms with van der Waals surface area (Å²) in [6.07, 6.45) is 2.49. The predicted molar refractivity (Wildman–Crippen MR) is 125 cm³/mol. The highest BCUT2D eigenvalue weighted by atomic mass is 32.1. The topological polar surface area (TPSA) is 38.8 Å². The zero-order valence-corrected chi connectivity index (χ0v) is 19.0. The summed E-state index contributed by atoms with van der Waals surface area (Å²) in [7, 11) is 0. The minimum Gasteiger partial charge on any atom is -0.368 e. The van der Waals surface area contributed by atoms with Gasteiger partial charge >= 0.3 is 6.03 Å². The number of carbonyl (C=O) groups is 1. The third kappa shape index (κ3) is 5.16. The largest absolute Gasteiger partial charge is 0.368 e. The number of hydrogen-bond donors (Lipinski definition) is 1. The smallest absolute Gasteiger partial charge is 0.317 e. The number of rotatable bonds is 5. The van der Waals surface area contributed by atoms with Crippen molar-refractivity contribution in [2.75, 3.05) is 50.7 Å². The summed E-state index contributed by atoms with van der Waals surface area (Å²) >= 11 is 1.80. The number of amides is 2. The lowest BCUT2D eigenvalue weighted by Gasteiger charge is -2.38. The van der Waals surface area contributed by atoms with Gasteiger partial charge in [-0.2, -0.15) is 0 Å². The molecule has 6 heteroatoms. The van der Waals surface area contributed by atoms with E-state index in [2.05, 4.69) is 70.7 Å². The van der Waals surface area contributed by atoms with E-state index in [1.807, 2.05) is 4.90 Å². The first kappa shape index (κ1) is 21.2. The van der Waals surface area contributed by atoms with Crippen LogP contribution in [0, 0.1) is 12.8 Å². The molecule has 1 N–H and O–H groups in total. The van der Waals surface area contributed by atoms with Crippen molar-refractivity contribution in [1.82, 2.24) is 15.1 Å². The number of urea groups is 1. The van der Waals surface area contributed by atoms with Crippen LogP contribution >= 0.6 is 11.3 Å². The zero-order valence-electron chi connectivity index (χ0n) is 18.2. The van der Waals surface area contributed by atoms with Gasteiger partial charge in [-0.25, -0.2) is 4.79 Å². The van der Waals surface area contributed by atoms with Crippen LogP contribution in [0.4, 0.5) is 10.5 Å². The van der Waals surface area contributed by atoms with Crippen LogP contribution in [0.15, 0.2) is 41.8 Å². The van der Waals surface area contributed by atoms with Gasteiger partial charge in [0.15, 0.2) is 0 Å². The quantitative estimate of drug-likeness (QED) is 0.772. The van der Waals surface area contributed by atoms with Crippen LogP contribution in [0.2, 0.25) is 0 Å². The van der Waals surface area contributed by atoms with Gasteiger partial charge < -0.3 is 15.1 Å². The molecule has 1 atom stereocenters. The van der Waals surface area contributed by atoms with Gasteiger partial charge in [-0.05, 0) is 67.9 Å². The van der Waals surface area contributed by atoms with Crippen molar-refractivity contribution in [3.63, 3.8) is 0 Å². The number of piperazine rings is 1. The second kappa shape index (κ2) is 9.84. The molecule has 2 aliphatic heterocycles. The fraction of sp³-hybridized carbons (Fsp3) is 0.542. The molecule has 3 heterocycles. The SMILES string of the molecule is Cc1cccc(N2CCN(C(=O)NC[C@H](c3cccs3)N3CCC(C)CC3)CC2)c1. The fourth-order valence-electron chi connectivity index (χ4n) is 4.52. The molecule has 1 aromatic heterocycles. The van der Waals surface area contributed by atoms with Crippen LogP contribution in [-0.4, -0.2) is 61.6 Å². The van der Waals surface area contributed by atoms with Gasteiger partial charge in [0.25, 0.3) is 0 Å². The molecule has 30 heavy (non-hydrogen) atoms. The highest BCUT2D eigenvalue weighted by Gasteiger charge is 2.27. The number of benzene rings is 1. The number of hydrogen-bond acceptors (Lipinski definition) is 4. The van der Waals surface area contributed by atoms with E-state index >= 15 is 0 Å². The second-order valence-corrected chi connectivity index (χ2v) is 9.73. The first-order chi connectivity index (χ1) is 14.6. The maximum Gasteiger partial charge on any atom is 0.317 e. The molecule has 2 amide bonds. The molecule has 0 radical (unpaired) electrons. The Bertz CT molecular complexity index is 808. The van der Waals surface area contributed by atoms with Gasteiger partial charge in [0.05, 0.1) is 6.04 Å². The molecule has 2 fully saturated rings. The van der Waals surface area contributed by atoms with Crippen LogP contribution in [-0.2, 0) is 0 Å². The normalized spacial score (nSPS) is 19.7. The molecule has 2 saturated heterocycles. The van der Waals surface area contributed by atoms with Gasteiger partial charge in [0.1, 0.15) is 0 Å². The average molecular weight is 427 g/mol. The Morgan fingerprint density at radius 1 is 1.10 bits per heavy atom. The lowest BCUT2D eigenvalue weighted by atomic mass is 9.97. The molecule has 1 aromatic carbocycles. The molecule has 162 valence electrons. The molecule has 0 unspecified atom stereocenters. The Balaban J connectivity index is 1.31. The van der Waals surface area contributed by atoms with Crippen LogP contribution in [0.1, 0.15) is 36.2 Å². The van der Waals surface area contributed by atoms with Crippen molar-refractivity contribution in [3.05, 3.63) is 52.2 Å². The Hall–Kier alpha value is -2.05. The number of likely N-dealkylation sites (tertiary alicyclic amines) is 1. The summed E-state index contributed by atoms with van der Waals surface area (Å²) < 4.78 is 0. The Labute approximate surface area is 184 Å². The van der Waals surface area contributed by atoms with E-state index in [-0.39, 0.29) is 12.1 Å². The monoisotopic (exact) mass is 426 g/mol. The molecular formula is C24H34N4OS. The molecule has 0 spiro atoms. The minimum atomic E-state index is 0.0748. The summed E-state index contributed by atoms with van der Waals surface area (Å²) in [6, 6.07) is 13.3. The van der Waals surface area contributed by atoms with E-state index in [1.54, 1.807) is 11.3 Å². The number of piperidine rings is 1. The van der Waals surface area contributed by atoms with Gasteiger partial charge in [-0.15, -0.1) is 11.3 Å². The first-order valence-corrected chi connectivity index (χ1v) is 12.1. The fourth-order valence-corrected chi connectivity index (χ4v) is 5.38. The van der Waals surface area contributed by atoms with Gasteiger partial charge in [-0.1, -0.05) is 25.1 Å². The zero-order chi connectivity index (χ0) is 20.9. The number of nitrogens with one attached hydrogen (secondary N) is 1. The molecule has 2 aliphatic rings. The van der Waals surface area contributed by atoms with Gasteiger partial charge in [0.2, 0.25) is 0 Å². The predicted octanol–water partition coefficient (Wildman–Crippen LogP) is 4.36. The number of aryl methyl sites for hydroxylation is 1. The Kier molecular flexibility index (Phi) is 6.95. The molecule has 2 aromatic rings. The van der Waals surface area contributed by atoms with Crippen molar-refractivity contribution in [1.29, 1.82) is 0 Å². The number of anilines is 1. The third-order valence-corrected chi connectivity index (χ3v) is 7.48. The van der Waals surface area contributed by atoms with E-state index in [4.69, 9.17) is 0 Å². The molecule has 4 rings (SSSR count). The highest BCUT2D eigenvalue weighted by molar-refractivity contribution is 7.10. The second-order valence-electron chi connectivity index (χ2n) is 8.75. The summed E-state index contributed by atoms with van der Waals surface area (Å²) in [5.74, 6) is 0.810. The minimum absolute atomic E-state index is 0.0748. The van der Waals surface area contributed by atoms with E-state index in [0.717, 1.165) is 45.2 Å². The average Bonchev–Trinajstić information content (AvgIpc) is 3.30. The Morgan fingerprint density at radius 2 is 1.87 bits per heavy atom. The molecule has 0 saturated carbocycles. The van der Waals surface area contributed by atoms with E-state index in [9.17, 15) is 4.79 Å². The number of thiophene rings is 1. The summed E-state index contributed by atoms with van der Waals surface area (Å²) in [5, 5.41) is 5.39. The summed E-state index contributed by atoms with van der Waals surface area (Å²) in [4.78, 5) is 21.1. The maximum absolute atomic E-state index is 12.9. The van der Waals surface area contributed by atoms with Crippen molar-refractivity contribution >= 4 is 23.1 Å². The van der Waals surface area contributed by atoms with Crippen LogP contribution in [0.3, 0.4) is 0 Å². The van der Waals surface area contributed by atoms with Crippen molar-refractivity contribution in [2.45, 2.75) is 32.7 Å². The van der Waals surface area contributed by atoms with E-state index < -0.39 is 0 Å². The molecule has 0 bridgehead atoms. The number of carbonyl (C=O) groups excluding carboxylic acids is 1. The highest BCUT2D eigenvalue weighted by Crippen LogP contribution is 2.29. The van der Waals surface area contributed by atoms with Gasteiger partial charge in [0, 0.05) is 43.3 Å². The van der Waals surface area contributed by atoms with Gasteiger partial charge in [-0.3, -0.25) is 4.90 Å². The number of nitrogens with zero attached hydrogens (tertiary/aromatic N) is 3. The molecular weight excluding hydrogens is 392 g/mol. The maximum atomic E-state index is 12.9. The lowest BCUT2D eigenvalue weighted by molar-refractivity contribution is 0.134. The summed E-state index contributed by atoms with van der Waals surface area (Å²) in [6.45, 7) is 10.7. The van der Waals surface area contributed by atoms with Crippen LogP contribution < -0.4 is 10.2 Å². The van der Waals surface area contributed by atoms with Crippen molar-refractivity contribution in [3.8, 4) is 0 Å². The molecule has 5 nitrogen and oxygen atoms in total. The van der Waals surface area contributed by atoms with Crippen molar-refractivity contribution < 1.29 is 4.79 Å².